The zero-order chi connectivity index (χ0) is 14.5. The number of unbranched alkanes of at least 4 members (excludes halogenated alkanes) is 2. The first kappa shape index (κ1) is 18.0. The molecule has 1 heteroatoms. The van der Waals surface area contributed by atoms with Crippen LogP contribution in [0, 0.1) is 11.8 Å². The molecule has 1 fully saturated rings. The van der Waals surface area contributed by atoms with Crippen LogP contribution < -0.4 is 5.73 Å². The molecule has 0 bridgehead atoms. The van der Waals surface area contributed by atoms with E-state index in [1.54, 1.807) is 0 Å². The first-order chi connectivity index (χ1) is 9.86. The van der Waals surface area contributed by atoms with E-state index in [-0.39, 0.29) is 0 Å². The van der Waals surface area contributed by atoms with E-state index in [1.165, 1.54) is 96.3 Å². The third-order valence-corrected chi connectivity index (χ3v) is 5.36. The Labute approximate surface area is 128 Å². The second kappa shape index (κ2) is 12.7. The van der Waals surface area contributed by atoms with Crippen molar-refractivity contribution in [1.82, 2.24) is 0 Å². The molecule has 0 radical (unpaired) electrons. The van der Waals surface area contributed by atoms with Crippen molar-refractivity contribution < 1.29 is 0 Å². The normalized spacial score (nSPS) is 20.7. The summed E-state index contributed by atoms with van der Waals surface area (Å²) in [5, 5.41) is 0. The summed E-state index contributed by atoms with van der Waals surface area (Å²) in [5.41, 5.74) is 5.77. The maximum Gasteiger partial charge on any atom is -0.00490 e. The SMILES string of the molecule is CCC(CN)CCCCCC1CCCCCCCCC1. The fraction of sp³-hybridized carbons (Fsp3) is 1.00. The molecule has 0 saturated heterocycles. The van der Waals surface area contributed by atoms with Gasteiger partial charge in [-0.05, 0) is 24.8 Å². The van der Waals surface area contributed by atoms with Gasteiger partial charge in [-0.2, -0.15) is 0 Å². The van der Waals surface area contributed by atoms with E-state index < -0.39 is 0 Å². The van der Waals surface area contributed by atoms with Crippen LogP contribution in [0.15, 0.2) is 0 Å². The number of hydrogen-bond acceptors (Lipinski definition) is 1. The second-order valence-electron chi connectivity index (χ2n) is 7.07. The Morgan fingerprint density at radius 3 is 2.00 bits per heavy atom. The Balaban J connectivity index is 2.05. The largest absolute Gasteiger partial charge is 0.330 e. The summed E-state index contributed by atoms with van der Waals surface area (Å²) in [6, 6.07) is 0. The molecule has 1 unspecified atom stereocenters. The van der Waals surface area contributed by atoms with Gasteiger partial charge in [0.1, 0.15) is 0 Å². The van der Waals surface area contributed by atoms with Crippen LogP contribution in [0.5, 0.6) is 0 Å². The highest BCUT2D eigenvalue weighted by Crippen LogP contribution is 2.26. The molecule has 1 atom stereocenters. The highest BCUT2D eigenvalue weighted by atomic mass is 14.5. The topological polar surface area (TPSA) is 26.0 Å². The second-order valence-corrected chi connectivity index (χ2v) is 7.07. The van der Waals surface area contributed by atoms with Crippen LogP contribution in [0.1, 0.15) is 103 Å². The Kier molecular flexibility index (Phi) is 11.4. The molecule has 0 heterocycles. The van der Waals surface area contributed by atoms with Gasteiger partial charge in [0.25, 0.3) is 0 Å². The molecule has 1 aliphatic carbocycles. The quantitative estimate of drug-likeness (QED) is 0.537. The molecular formula is C19H39N. The Morgan fingerprint density at radius 2 is 1.45 bits per heavy atom. The van der Waals surface area contributed by atoms with Gasteiger partial charge in [-0.25, -0.2) is 0 Å². The molecule has 1 rings (SSSR count). The van der Waals surface area contributed by atoms with Crippen molar-refractivity contribution in [3.8, 4) is 0 Å². The molecule has 1 aliphatic rings. The van der Waals surface area contributed by atoms with Crippen molar-refractivity contribution in [3.05, 3.63) is 0 Å². The van der Waals surface area contributed by atoms with Crippen LogP contribution in [0.25, 0.3) is 0 Å². The minimum absolute atomic E-state index is 0.781. The van der Waals surface area contributed by atoms with E-state index in [4.69, 9.17) is 5.73 Å². The van der Waals surface area contributed by atoms with Crippen molar-refractivity contribution in [2.24, 2.45) is 17.6 Å². The lowest BCUT2D eigenvalue weighted by molar-refractivity contribution is 0.352. The molecule has 20 heavy (non-hydrogen) atoms. The van der Waals surface area contributed by atoms with E-state index in [1.807, 2.05) is 0 Å². The lowest BCUT2D eigenvalue weighted by Crippen LogP contribution is -2.13. The van der Waals surface area contributed by atoms with Gasteiger partial charge < -0.3 is 5.73 Å². The van der Waals surface area contributed by atoms with E-state index in [0.29, 0.717) is 0 Å². The molecule has 0 amide bonds. The lowest BCUT2D eigenvalue weighted by Gasteiger charge is -2.18. The minimum atomic E-state index is 0.781. The van der Waals surface area contributed by atoms with Gasteiger partial charge in [0.15, 0.2) is 0 Å². The van der Waals surface area contributed by atoms with Crippen LogP contribution in [0.3, 0.4) is 0 Å². The highest BCUT2D eigenvalue weighted by Gasteiger charge is 2.10. The predicted molar refractivity (Wildman–Crippen MR) is 91.0 cm³/mol. The lowest BCUT2D eigenvalue weighted by atomic mass is 9.88. The molecule has 1 nitrogen and oxygen atoms in total. The maximum atomic E-state index is 5.77. The summed E-state index contributed by atoms with van der Waals surface area (Å²) >= 11 is 0. The molecule has 0 aliphatic heterocycles. The summed E-state index contributed by atoms with van der Waals surface area (Å²) in [6.07, 6.45) is 21.9. The van der Waals surface area contributed by atoms with Gasteiger partial charge in [-0.3, -0.25) is 0 Å². The van der Waals surface area contributed by atoms with Gasteiger partial charge in [-0.1, -0.05) is 96.8 Å². The summed E-state index contributed by atoms with van der Waals surface area (Å²) in [4.78, 5) is 0. The average molecular weight is 282 g/mol. The van der Waals surface area contributed by atoms with Gasteiger partial charge >= 0.3 is 0 Å². The van der Waals surface area contributed by atoms with Gasteiger partial charge in [0.05, 0.1) is 0 Å². The van der Waals surface area contributed by atoms with Gasteiger partial charge in [-0.15, -0.1) is 0 Å². The Morgan fingerprint density at radius 1 is 0.850 bits per heavy atom. The van der Waals surface area contributed by atoms with Crippen molar-refractivity contribution in [3.63, 3.8) is 0 Å². The highest BCUT2D eigenvalue weighted by molar-refractivity contribution is 4.64. The van der Waals surface area contributed by atoms with Gasteiger partial charge in [0.2, 0.25) is 0 Å². The minimum Gasteiger partial charge on any atom is -0.330 e. The number of rotatable bonds is 8. The molecule has 2 N–H and O–H groups in total. The van der Waals surface area contributed by atoms with Crippen LogP contribution in [0.4, 0.5) is 0 Å². The Bertz CT molecular complexity index is 188. The fourth-order valence-corrected chi connectivity index (χ4v) is 3.71. The summed E-state index contributed by atoms with van der Waals surface area (Å²) in [7, 11) is 0. The van der Waals surface area contributed by atoms with E-state index in [2.05, 4.69) is 6.92 Å². The molecule has 0 aromatic rings. The van der Waals surface area contributed by atoms with E-state index in [9.17, 15) is 0 Å². The van der Waals surface area contributed by atoms with E-state index in [0.717, 1.165) is 18.4 Å². The zero-order valence-corrected chi connectivity index (χ0v) is 14.0. The molecule has 1 saturated carbocycles. The first-order valence-corrected chi connectivity index (χ1v) is 9.56. The fourth-order valence-electron chi connectivity index (χ4n) is 3.71. The third kappa shape index (κ3) is 9.00. The summed E-state index contributed by atoms with van der Waals surface area (Å²) in [6.45, 7) is 3.16. The van der Waals surface area contributed by atoms with Crippen LogP contribution in [-0.2, 0) is 0 Å². The summed E-state index contributed by atoms with van der Waals surface area (Å²) in [5.74, 6) is 1.83. The average Bonchev–Trinajstić information content (AvgIpc) is 2.49. The standard InChI is InChI=1S/C19H39N/c1-2-18(17-20)13-11-8-12-16-19-14-9-6-4-3-5-7-10-15-19/h18-19H,2-17,20H2,1H3. The van der Waals surface area contributed by atoms with Crippen LogP contribution >= 0.6 is 0 Å². The third-order valence-electron chi connectivity index (χ3n) is 5.36. The maximum absolute atomic E-state index is 5.77. The molecule has 120 valence electrons. The molecular weight excluding hydrogens is 242 g/mol. The van der Waals surface area contributed by atoms with Crippen molar-refractivity contribution in [1.29, 1.82) is 0 Å². The van der Waals surface area contributed by atoms with Crippen LogP contribution in [0.2, 0.25) is 0 Å². The molecule has 0 aromatic heterocycles. The van der Waals surface area contributed by atoms with Gasteiger partial charge in [0, 0.05) is 0 Å². The Hall–Kier alpha value is -0.0400. The van der Waals surface area contributed by atoms with Crippen molar-refractivity contribution in [2.45, 2.75) is 103 Å². The number of nitrogens with two attached hydrogens (primary N) is 1. The monoisotopic (exact) mass is 281 g/mol. The van der Waals surface area contributed by atoms with Crippen molar-refractivity contribution in [2.75, 3.05) is 6.54 Å². The van der Waals surface area contributed by atoms with E-state index >= 15 is 0 Å². The number of hydrogen-bond donors (Lipinski definition) is 1. The molecule has 0 aromatic carbocycles. The predicted octanol–water partition coefficient (Wildman–Crippen LogP) is 6.06. The summed E-state index contributed by atoms with van der Waals surface area (Å²) < 4.78 is 0. The zero-order valence-electron chi connectivity index (χ0n) is 14.0. The van der Waals surface area contributed by atoms with Crippen molar-refractivity contribution >= 4 is 0 Å². The smallest absolute Gasteiger partial charge is 0.00490 e. The first-order valence-electron chi connectivity index (χ1n) is 9.56. The van der Waals surface area contributed by atoms with Crippen LogP contribution in [-0.4, -0.2) is 6.54 Å². The molecule has 0 spiro atoms.